The Morgan fingerprint density at radius 1 is 1.27 bits per heavy atom. The van der Waals surface area contributed by atoms with Crippen molar-refractivity contribution in [1.29, 1.82) is 0 Å². The van der Waals surface area contributed by atoms with E-state index in [1.165, 1.54) is 6.42 Å². The van der Waals surface area contributed by atoms with Gasteiger partial charge >= 0.3 is 0 Å². The standard InChI is InChI=1S/C7H8Cl2N2/c8-6-4-2-1-3-5(4)10-7(9)11-6/h4-5H,1-3H2. The van der Waals surface area contributed by atoms with Crippen molar-refractivity contribution in [3.8, 4) is 0 Å². The molecule has 0 radical (unpaired) electrons. The summed E-state index contributed by atoms with van der Waals surface area (Å²) in [6, 6.07) is 0.312. The number of halogens is 2. The van der Waals surface area contributed by atoms with Crippen molar-refractivity contribution < 1.29 is 0 Å². The third-order valence-corrected chi connectivity index (χ3v) is 2.80. The fraction of sp³-hybridized carbons (Fsp3) is 0.714. The summed E-state index contributed by atoms with van der Waals surface area (Å²) in [6.45, 7) is 0. The molecule has 2 atom stereocenters. The minimum absolute atomic E-state index is 0.312. The lowest BCUT2D eigenvalue weighted by atomic mass is 10.1. The highest BCUT2D eigenvalue weighted by molar-refractivity contribution is 6.72. The zero-order valence-corrected chi connectivity index (χ0v) is 7.44. The van der Waals surface area contributed by atoms with Gasteiger partial charge in [0.25, 0.3) is 0 Å². The van der Waals surface area contributed by atoms with Gasteiger partial charge in [0.2, 0.25) is 5.29 Å². The molecular formula is C7H8Cl2N2. The Bertz CT molecular complexity index is 235. The van der Waals surface area contributed by atoms with Crippen LogP contribution in [0.3, 0.4) is 0 Å². The van der Waals surface area contributed by atoms with Gasteiger partial charge in [0.05, 0.1) is 6.04 Å². The van der Waals surface area contributed by atoms with Crippen molar-refractivity contribution in [1.82, 2.24) is 0 Å². The van der Waals surface area contributed by atoms with E-state index in [9.17, 15) is 0 Å². The molecule has 0 aromatic heterocycles. The van der Waals surface area contributed by atoms with Crippen LogP contribution in [0.1, 0.15) is 19.3 Å². The topological polar surface area (TPSA) is 24.7 Å². The Balaban J connectivity index is 2.28. The molecular weight excluding hydrogens is 183 g/mol. The van der Waals surface area contributed by atoms with Gasteiger partial charge in [-0.15, -0.1) is 0 Å². The number of fused-ring (bicyclic) bond motifs is 1. The van der Waals surface area contributed by atoms with Crippen molar-refractivity contribution in [3.05, 3.63) is 0 Å². The molecule has 11 heavy (non-hydrogen) atoms. The lowest BCUT2D eigenvalue weighted by molar-refractivity contribution is 0.615. The first-order valence-electron chi connectivity index (χ1n) is 3.75. The van der Waals surface area contributed by atoms with Gasteiger partial charge < -0.3 is 0 Å². The predicted octanol–water partition coefficient (Wildman–Crippen LogP) is 2.40. The zero-order valence-electron chi connectivity index (χ0n) is 5.93. The van der Waals surface area contributed by atoms with Gasteiger partial charge in [0.1, 0.15) is 5.17 Å². The molecule has 2 aliphatic rings. The van der Waals surface area contributed by atoms with Gasteiger partial charge in [0.15, 0.2) is 0 Å². The Morgan fingerprint density at radius 2 is 2.09 bits per heavy atom. The highest BCUT2D eigenvalue weighted by Gasteiger charge is 2.33. The number of nitrogens with zero attached hydrogens (tertiary/aromatic N) is 2. The molecule has 1 aliphatic carbocycles. The summed E-state index contributed by atoms with van der Waals surface area (Å²) in [5, 5.41) is 0.964. The fourth-order valence-corrected chi connectivity index (χ4v) is 2.30. The van der Waals surface area contributed by atoms with Crippen molar-refractivity contribution in [2.45, 2.75) is 25.3 Å². The highest BCUT2D eigenvalue weighted by Crippen LogP contribution is 2.33. The van der Waals surface area contributed by atoms with Gasteiger partial charge in [-0.3, -0.25) is 4.99 Å². The van der Waals surface area contributed by atoms with E-state index in [1.54, 1.807) is 0 Å². The molecule has 0 amide bonds. The molecule has 0 saturated heterocycles. The van der Waals surface area contributed by atoms with Crippen LogP contribution in [0.4, 0.5) is 0 Å². The lowest BCUT2D eigenvalue weighted by Gasteiger charge is -2.17. The maximum atomic E-state index is 5.90. The van der Waals surface area contributed by atoms with E-state index in [-0.39, 0.29) is 0 Å². The summed E-state index contributed by atoms with van der Waals surface area (Å²) in [5.74, 6) is 0.360. The van der Waals surface area contributed by atoms with Gasteiger partial charge in [0, 0.05) is 5.92 Å². The van der Waals surface area contributed by atoms with Crippen LogP contribution in [0, 0.1) is 5.92 Å². The monoisotopic (exact) mass is 190 g/mol. The lowest BCUT2D eigenvalue weighted by Crippen LogP contribution is -2.23. The molecule has 2 unspecified atom stereocenters. The zero-order chi connectivity index (χ0) is 7.84. The number of amidine groups is 1. The third-order valence-electron chi connectivity index (χ3n) is 2.26. The van der Waals surface area contributed by atoms with Crippen LogP contribution in [0.2, 0.25) is 0 Å². The van der Waals surface area contributed by atoms with Gasteiger partial charge in [-0.05, 0) is 24.4 Å². The van der Waals surface area contributed by atoms with E-state index in [0.717, 1.165) is 12.8 Å². The summed E-state index contributed by atoms with van der Waals surface area (Å²) >= 11 is 11.6. The van der Waals surface area contributed by atoms with Gasteiger partial charge in [-0.1, -0.05) is 18.0 Å². The summed E-state index contributed by atoms with van der Waals surface area (Å²) < 4.78 is 0. The van der Waals surface area contributed by atoms with E-state index < -0.39 is 0 Å². The van der Waals surface area contributed by atoms with Crippen LogP contribution in [-0.2, 0) is 0 Å². The molecule has 0 aromatic carbocycles. The van der Waals surface area contributed by atoms with Gasteiger partial charge in [-0.25, -0.2) is 4.99 Å². The molecule has 0 N–H and O–H groups in total. The fourth-order valence-electron chi connectivity index (χ4n) is 1.71. The summed E-state index contributed by atoms with van der Waals surface area (Å²) in [6.07, 6.45) is 3.40. The Hall–Kier alpha value is -0.0800. The number of hydrogen-bond donors (Lipinski definition) is 0. The van der Waals surface area contributed by atoms with Crippen LogP contribution in [0.5, 0.6) is 0 Å². The third kappa shape index (κ3) is 1.30. The van der Waals surface area contributed by atoms with Crippen LogP contribution in [0.25, 0.3) is 0 Å². The second-order valence-electron chi connectivity index (χ2n) is 2.94. The SMILES string of the molecule is ClC1=NC2CCCC2C(Cl)=N1. The quantitative estimate of drug-likeness (QED) is 0.525. The molecule has 0 spiro atoms. The van der Waals surface area contributed by atoms with Crippen molar-refractivity contribution in [2.24, 2.45) is 15.9 Å². The van der Waals surface area contributed by atoms with Crippen molar-refractivity contribution in [2.75, 3.05) is 0 Å². The van der Waals surface area contributed by atoms with E-state index in [4.69, 9.17) is 23.2 Å². The molecule has 2 rings (SSSR count). The molecule has 0 aromatic rings. The molecule has 1 heterocycles. The highest BCUT2D eigenvalue weighted by atomic mass is 35.5. The first-order chi connectivity index (χ1) is 5.27. The van der Waals surface area contributed by atoms with E-state index >= 15 is 0 Å². The number of aliphatic imine (C=N–C) groups is 2. The maximum absolute atomic E-state index is 5.90. The summed E-state index contributed by atoms with van der Waals surface area (Å²) in [4.78, 5) is 8.13. The second-order valence-corrected chi connectivity index (χ2v) is 3.66. The maximum Gasteiger partial charge on any atom is 0.219 e. The summed E-state index contributed by atoms with van der Waals surface area (Å²) in [7, 11) is 0. The molecule has 1 fully saturated rings. The second kappa shape index (κ2) is 2.76. The molecule has 2 nitrogen and oxygen atoms in total. The number of hydrogen-bond acceptors (Lipinski definition) is 2. The van der Waals surface area contributed by atoms with Crippen LogP contribution < -0.4 is 0 Å². The average molecular weight is 191 g/mol. The largest absolute Gasteiger partial charge is 0.252 e. The first kappa shape index (κ1) is 7.56. The summed E-state index contributed by atoms with van der Waals surface area (Å²) in [5.41, 5.74) is 0. The number of rotatable bonds is 0. The van der Waals surface area contributed by atoms with Crippen LogP contribution >= 0.6 is 23.2 Å². The molecule has 1 saturated carbocycles. The Labute approximate surface area is 75.3 Å². The Kier molecular flexibility index (Phi) is 1.90. The van der Waals surface area contributed by atoms with Crippen molar-refractivity contribution in [3.63, 3.8) is 0 Å². The molecule has 60 valence electrons. The normalized spacial score (nSPS) is 36.2. The van der Waals surface area contributed by atoms with Crippen molar-refractivity contribution >= 4 is 33.7 Å². The van der Waals surface area contributed by atoms with Crippen LogP contribution in [0.15, 0.2) is 9.98 Å². The molecule has 0 bridgehead atoms. The minimum Gasteiger partial charge on any atom is -0.252 e. The van der Waals surface area contributed by atoms with E-state index in [0.29, 0.717) is 22.4 Å². The van der Waals surface area contributed by atoms with Crippen LogP contribution in [-0.4, -0.2) is 16.5 Å². The molecule has 4 heteroatoms. The smallest absolute Gasteiger partial charge is 0.219 e. The van der Waals surface area contributed by atoms with Gasteiger partial charge in [-0.2, -0.15) is 0 Å². The minimum atomic E-state index is 0.312. The molecule has 1 aliphatic heterocycles. The Morgan fingerprint density at radius 3 is 2.91 bits per heavy atom. The van der Waals surface area contributed by atoms with E-state index in [1.807, 2.05) is 0 Å². The average Bonchev–Trinajstić information content (AvgIpc) is 2.34. The predicted molar refractivity (Wildman–Crippen MR) is 47.7 cm³/mol. The van der Waals surface area contributed by atoms with E-state index in [2.05, 4.69) is 9.98 Å². The first-order valence-corrected chi connectivity index (χ1v) is 4.50.